The lowest BCUT2D eigenvalue weighted by molar-refractivity contribution is -0.137. The number of aryl methyl sites for hydroxylation is 1. The fraction of sp³-hybridized carbons (Fsp3) is 0.105. The predicted molar refractivity (Wildman–Crippen MR) is 98.6 cm³/mol. The largest absolute Gasteiger partial charge is 0.417 e. The van der Waals surface area contributed by atoms with E-state index in [1.54, 1.807) is 31.2 Å². The van der Waals surface area contributed by atoms with Crippen LogP contribution in [-0.2, 0) is 11.0 Å². The molecule has 1 heterocycles. The van der Waals surface area contributed by atoms with Crippen LogP contribution >= 0.6 is 11.6 Å². The van der Waals surface area contributed by atoms with Crippen molar-refractivity contribution in [2.24, 2.45) is 0 Å². The van der Waals surface area contributed by atoms with Crippen molar-refractivity contribution in [1.82, 2.24) is 10.1 Å². The topological polar surface area (TPSA) is 68.0 Å². The highest BCUT2D eigenvalue weighted by molar-refractivity contribution is 6.31. The van der Waals surface area contributed by atoms with Crippen LogP contribution in [0.1, 0.15) is 17.0 Å². The third kappa shape index (κ3) is 4.58. The Labute approximate surface area is 162 Å². The van der Waals surface area contributed by atoms with E-state index >= 15 is 0 Å². The molecule has 0 aliphatic carbocycles. The first-order chi connectivity index (χ1) is 13.2. The molecule has 0 saturated carbocycles. The first-order valence-electron chi connectivity index (χ1n) is 7.99. The number of nitrogens with one attached hydrogen (secondary N) is 1. The highest BCUT2D eigenvalue weighted by Crippen LogP contribution is 2.35. The molecule has 0 fully saturated rings. The lowest BCUT2D eigenvalue weighted by Crippen LogP contribution is -2.09. The third-order valence-corrected chi connectivity index (χ3v) is 4.01. The zero-order chi connectivity index (χ0) is 20.3. The van der Waals surface area contributed by atoms with Gasteiger partial charge in [-0.2, -0.15) is 18.2 Å². The molecule has 0 aliphatic heterocycles. The third-order valence-electron chi connectivity index (χ3n) is 3.68. The van der Waals surface area contributed by atoms with Crippen LogP contribution in [0.5, 0.6) is 0 Å². The van der Waals surface area contributed by atoms with Gasteiger partial charge >= 0.3 is 6.18 Å². The number of rotatable bonds is 4. The number of aromatic nitrogens is 2. The van der Waals surface area contributed by atoms with Gasteiger partial charge in [-0.15, -0.1) is 0 Å². The number of benzene rings is 2. The number of para-hydroxylation sites is 1. The number of nitrogens with zero attached hydrogens (tertiary/aromatic N) is 2. The summed E-state index contributed by atoms with van der Waals surface area (Å²) < 4.78 is 43.7. The van der Waals surface area contributed by atoms with Crippen molar-refractivity contribution in [3.05, 3.63) is 70.6 Å². The lowest BCUT2D eigenvalue weighted by Gasteiger charge is -2.09. The maximum Gasteiger partial charge on any atom is 0.417 e. The second-order valence-electron chi connectivity index (χ2n) is 5.74. The van der Waals surface area contributed by atoms with E-state index in [2.05, 4.69) is 15.5 Å². The van der Waals surface area contributed by atoms with Crippen molar-refractivity contribution in [3.8, 4) is 11.4 Å². The molecule has 28 heavy (non-hydrogen) atoms. The highest BCUT2D eigenvalue weighted by atomic mass is 35.5. The van der Waals surface area contributed by atoms with E-state index in [-0.39, 0.29) is 5.56 Å². The molecule has 1 amide bonds. The monoisotopic (exact) mass is 407 g/mol. The molecule has 0 saturated heterocycles. The van der Waals surface area contributed by atoms with E-state index in [4.69, 9.17) is 16.1 Å². The van der Waals surface area contributed by atoms with Gasteiger partial charge in [-0.1, -0.05) is 35.0 Å². The molecule has 144 valence electrons. The van der Waals surface area contributed by atoms with Gasteiger partial charge in [-0.3, -0.25) is 4.79 Å². The van der Waals surface area contributed by atoms with Crippen LogP contribution < -0.4 is 5.32 Å². The van der Waals surface area contributed by atoms with Crippen LogP contribution in [-0.4, -0.2) is 16.0 Å². The summed E-state index contributed by atoms with van der Waals surface area (Å²) in [7, 11) is 0. The Balaban J connectivity index is 1.79. The Morgan fingerprint density at radius 1 is 1.21 bits per heavy atom. The molecular formula is C19H13ClF3N3O2. The highest BCUT2D eigenvalue weighted by Gasteiger charge is 2.33. The fourth-order valence-corrected chi connectivity index (χ4v) is 2.63. The molecule has 3 aromatic rings. The average molecular weight is 408 g/mol. The smallest absolute Gasteiger partial charge is 0.339 e. The van der Waals surface area contributed by atoms with Crippen LogP contribution in [0.15, 0.2) is 53.1 Å². The number of alkyl halides is 3. The molecule has 0 spiro atoms. The van der Waals surface area contributed by atoms with Crippen molar-refractivity contribution in [1.29, 1.82) is 0 Å². The summed E-state index contributed by atoms with van der Waals surface area (Å²) in [6.45, 7) is 1.64. The Morgan fingerprint density at radius 2 is 1.96 bits per heavy atom. The minimum absolute atomic E-state index is 0.189. The first kappa shape index (κ1) is 19.6. The van der Waals surface area contributed by atoms with Crippen molar-refractivity contribution >= 4 is 29.3 Å². The molecule has 0 aliphatic rings. The summed E-state index contributed by atoms with van der Waals surface area (Å²) in [5, 5.41) is 6.06. The van der Waals surface area contributed by atoms with Crippen LogP contribution in [0.25, 0.3) is 17.5 Å². The fourth-order valence-electron chi connectivity index (χ4n) is 2.41. The molecule has 1 N–H and O–H groups in total. The average Bonchev–Trinajstić information content (AvgIpc) is 3.07. The second-order valence-corrected chi connectivity index (χ2v) is 6.15. The number of carbonyl (C=O) groups excluding carboxylic acids is 1. The first-order valence-corrected chi connectivity index (χ1v) is 8.37. The Kier molecular flexibility index (Phi) is 5.51. The van der Waals surface area contributed by atoms with Gasteiger partial charge < -0.3 is 9.84 Å². The van der Waals surface area contributed by atoms with Gasteiger partial charge in [0.25, 0.3) is 0 Å². The van der Waals surface area contributed by atoms with Crippen LogP contribution in [0.2, 0.25) is 5.02 Å². The van der Waals surface area contributed by atoms with Crippen molar-refractivity contribution < 1.29 is 22.5 Å². The van der Waals surface area contributed by atoms with Gasteiger partial charge in [0.1, 0.15) is 0 Å². The zero-order valence-corrected chi connectivity index (χ0v) is 15.2. The van der Waals surface area contributed by atoms with Crippen LogP contribution in [0.3, 0.4) is 0 Å². The number of halogens is 4. The summed E-state index contributed by atoms with van der Waals surface area (Å²) in [4.78, 5) is 16.3. The molecule has 1 aromatic heterocycles. The summed E-state index contributed by atoms with van der Waals surface area (Å²) >= 11 is 5.59. The lowest BCUT2D eigenvalue weighted by atomic mass is 10.1. The molecule has 0 bridgehead atoms. The summed E-state index contributed by atoms with van der Waals surface area (Å²) in [6.07, 6.45) is -2.19. The van der Waals surface area contributed by atoms with Gasteiger partial charge in [0.2, 0.25) is 17.6 Å². The molecule has 3 rings (SSSR count). The van der Waals surface area contributed by atoms with E-state index in [9.17, 15) is 18.0 Å². The minimum atomic E-state index is -4.58. The number of amides is 1. The van der Waals surface area contributed by atoms with Crippen LogP contribution in [0.4, 0.5) is 18.9 Å². The van der Waals surface area contributed by atoms with Gasteiger partial charge in [0.05, 0.1) is 16.3 Å². The molecular weight excluding hydrogens is 395 g/mol. The van der Waals surface area contributed by atoms with Gasteiger partial charge in [0.15, 0.2) is 0 Å². The number of anilines is 1. The quantitative estimate of drug-likeness (QED) is 0.590. The van der Waals surface area contributed by atoms with Gasteiger partial charge in [-0.05, 0) is 35.9 Å². The van der Waals surface area contributed by atoms with Crippen molar-refractivity contribution in [2.45, 2.75) is 13.1 Å². The van der Waals surface area contributed by atoms with Gasteiger partial charge in [-0.25, -0.2) is 0 Å². The molecule has 0 radical (unpaired) electrons. The summed E-state index contributed by atoms with van der Waals surface area (Å²) in [6, 6.07) is 10.2. The maximum atomic E-state index is 12.9. The number of carbonyl (C=O) groups is 1. The standard InChI is InChI=1S/C19H13ClF3N3O2/c1-11-24-18(26-28-11)13-4-2-3-5-16(13)25-17(27)9-7-12-6-8-15(20)14(10-12)19(21,22)23/h2-10H,1H3,(H,25,27)/b9-7+. The van der Waals surface area contributed by atoms with E-state index in [0.29, 0.717) is 23.0 Å². The molecule has 9 heteroatoms. The molecule has 5 nitrogen and oxygen atoms in total. The normalized spacial score (nSPS) is 11.8. The van der Waals surface area contributed by atoms with E-state index in [1.807, 2.05) is 0 Å². The van der Waals surface area contributed by atoms with Crippen LogP contribution in [0, 0.1) is 6.92 Å². The number of hydrogen-bond donors (Lipinski definition) is 1. The summed E-state index contributed by atoms with van der Waals surface area (Å²) in [5.74, 6) is 0.153. The minimum Gasteiger partial charge on any atom is -0.339 e. The molecule has 0 atom stereocenters. The van der Waals surface area contributed by atoms with Crippen molar-refractivity contribution in [3.63, 3.8) is 0 Å². The SMILES string of the molecule is Cc1nc(-c2ccccc2NC(=O)/C=C/c2ccc(Cl)c(C(F)(F)F)c2)no1. The Bertz CT molecular complexity index is 1040. The van der Waals surface area contributed by atoms with E-state index in [0.717, 1.165) is 18.2 Å². The Hall–Kier alpha value is -3.13. The van der Waals surface area contributed by atoms with Gasteiger partial charge in [0, 0.05) is 18.6 Å². The van der Waals surface area contributed by atoms with Crippen molar-refractivity contribution in [2.75, 3.05) is 5.32 Å². The second kappa shape index (κ2) is 7.85. The Morgan fingerprint density at radius 3 is 2.64 bits per heavy atom. The van der Waals surface area contributed by atoms with E-state index < -0.39 is 22.7 Å². The predicted octanol–water partition coefficient (Wildman–Crippen LogP) is 5.37. The maximum absolute atomic E-state index is 12.9. The number of hydrogen-bond acceptors (Lipinski definition) is 4. The zero-order valence-electron chi connectivity index (χ0n) is 14.4. The molecule has 0 unspecified atom stereocenters. The van der Waals surface area contributed by atoms with E-state index in [1.165, 1.54) is 12.1 Å². The summed E-state index contributed by atoms with van der Waals surface area (Å²) in [5.41, 5.74) is 0.209. The molecule has 2 aromatic carbocycles.